The Morgan fingerprint density at radius 1 is 1.06 bits per heavy atom. The van der Waals surface area contributed by atoms with Crippen molar-refractivity contribution in [3.8, 4) is 5.75 Å². The molecule has 3 nitrogen and oxygen atoms in total. The molecule has 2 aromatic carbocycles. The van der Waals surface area contributed by atoms with E-state index in [-0.39, 0.29) is 11.7 Å². The Morgan fingerprint density at radius 2 is 1.67 bits per heavy atom. The van der Waals surface area contributed by atoms with Crippen LogP contribution in [-0.2, 0) is 5.33 Å². The van der Waals surface area contributed by atoms with Crippen LogP contribution in [0, 0.1) is 0 Å². The molecule has 0 atom stereocenters. The van der Waals surface area contributed by atoms with Crippen LogP contribution in [-0.4, -0.2) is 11.0 Å². The maximum atomic E-state index is 11.9. The van der Waals surface area contributed by atoms with Gasteiger partial charge in [-0.3, -0.25) is 4.79 Å². The van der Waals surface area contributed by atoms with Crippen molar-refractivity contribution in [1.82, 2.24) is 0 Å². The lowest BCUT2D eigenvalue weighted by atomic mass is 10.2. The predicted molar refractivity (Wildman–Crippen MR) is 75.1 cm³/mol. The van der Waals surface area contributed by atoms with Gasteiger partial charge in [0.05, 0.1) is 0 Å². The second-order valence-electron chi connectivity index (χ2n) is 3.83. The first-order valence-corrected chi connectivity index (χ1v) is 6.56. The number of aromatic hydroxyl groups is 1. The Labute approximate surface area is 114 Å². The van der Waals surface area contributed by atoms with Gasteiger partial charge in [0.1, 0.15) is 5.75 Å². The Kier molecular flexibility index (Phi) is 3.99. The minimum atomic E-state index is -0.193. The van der Waals surface area contributed by atoms with E-state index in [0.717, 1.165) is 16.6 Å². The van der Waals surface area contributed by atoms with Gasteiger partial charge >= 0.3 is 0 Å². The Balaban J connectivity index is 2.08. The summed E-state index contributed by atoms with van der Waals surface area (Å²) in [6.07, 6.45) is 0. The van der Waals surface area contributed by atoms with Crippen molar-refractivity contribution in [3.63, 3.8) is 0 Å². The van der Waals surface area contributed by atoms with Gasteiger partial charge in [-0.25, -0.2) is 0 Å². The molecule has 2 N–H and O–H groups in total. The SMILES string of the molecule is O=C(Nc1ccc(CBr)cc1)c1ccc(O)cc1. The highest BCUT2D eigenvalue weighted by molar-refractivity contribution is 9.08. The summed E-state index contributed by atoms with van der Waals surface area (Å²) in [6.45, 7) is 0. The molecule has 2 rings (SSSR count). The van der Waals surface area contributed by atoms with Gasteiger partial charge in [0.2, 0.25) is 0 Å². The number of phenols is 1. The third-order valence-corrected chi connectivity index (χ3v) is 3.14. The van der Waals surface area contributed by atoms with Crippen LogP contribution in [0.5, 0.6) is 5.75 Å². The third kappa shape index (κ3) is 3.11. The summed E-state index contributed by atoms with van der Waals surface area (Å²) in [5.41, 5.74) is 2.41. The van der Waals surface area contributed by atoms with Gasteiger partial charge < -0.3 is 10.4 Å². The maximum Gasteiger partial charge on any atom is 0.255 e. The molecule has 0 heterocycles. The number of carbonyl (C=O) groups excluding carboxylic acids is 1. The molecule has 4 heteroatoms. The van der Waals surface area contributed by atoms with Crippen LogP contribution in [0.4, 0.5) is 5.69 Å². The highest BCUT2D eigenvalue weighted by atomic mass is 79.9. The second-order valence-corrected chi connectivity index (χ2v) is 4.39. The number of amides is 1. The molecular weight excluding hydrogens is 294 g/mol. The monoisotopic (exact) mass is 305 g/mol. The number of anilines is 1. The normalized spacial score (nSPS) is 10.1. The molecule has 2 aromatic rings. The van der Waals surface area contributed by atoms with Gasteiger partial charge in [0.25, 0.3) is 5.91 Å². The van der Waals surface area contributed by atoms with Gasteiger partial charge in [0, 0.05) is 16.6 Å². The van der Waals surface area contributed by atoms with E-state index in [9.17, 15) is 4.79 Å². The number of phenolic OH excluding ortho intramolecular Hbond substituents is 1. The van der Waals surface area contributed by atoms with Crippen molar-refractivity contribution in [3.05, 3.63) is 59.7 Å². The molecule has 0 aliphatic carbocycles. The lowest BCUT2D eigenvalue weighted by Gasteiger charge is -2.06. The van der Waals surface area contributed by atoms with Crippen molar-refractivity contribution >= 4 is 27.5 Å². The molecule has 0 saturated carbocycles. The summed E-state index contributed by atoms with van der Waals surface area (Å²) in [4.78, 5) is 11.9. The molecule has 0 radical (unpaired) electrons. The molecule has 0 aliphatic heterocycles. The molecule has 0 saturated heterocycles. The van der Waals surface area contributed by atoms with Gasteiger partial charge in [-0.1, -0.05) is 28.1 Å². The summed E-state index contributed by atoms with van der Waals surface area (Å²) in [5, 5.41) is 12.7. The first-order chi connectivity index (χ1) is 8.69. The van der Waals surface area contributed by atoms with Gasteiger partial charge in [-0.2, -0.15) is 0 Å². The lowest BCUT2D eigenvalue weighted by Crippen LogP contribution is -2.11. The fourth-order valence-electron chi connectivity index (χ4n) is 1.49. The molecule has 0 fully saturated rings. The average molecular weight is 306 g/mol. The van der Waals surface area contributed by atoms with Crippen molar-refractivity contribution in [2.45, 2.75) is 5.33 Å². The quantitative estimate of drug-likeness (QED) is 0.852. The fraction of sp³-hybridized carbons (Fsp3) is 0.0714. The zero-order chi connectivity index (χ0) is 13.0. The van der Waals surface area contributed by atoms with Crippen molar-refractivity contribution in [2.75, 3.05) is 5.32 Å². The van der Waals surface area contributed by atoms with Crippen LogP contribution in [0.25, 0.3) is 0 Å². The molecule has 0 aliphatic rings. The molecule has 0 aromatic heterocycles. The predicted octanol–water partition coefficient (Wildman–Crippen LogP) is 3.54. The topological polar surface area (TPSA) is 49.3 Å². The summed E-state index contributed by atoms with van der Waals surface area (Å²) in [5.74, 6) is -0.0465. The molecule has 0 spiro atoms. The van der Waals surface area contributed by atoms with Crippen LogP contribution < -0.4 is 5.32 Å². The fourth-order valence-corrected chi connectivity index (χ4v) is 1.87. The van der Waals surface area contributed by atoms with E-state index in [1.165, 1.54) is 12.1 Å². The summed E-state index contributed by atoms with van der Waals surface area (Å²) < 4.78 is 0. The van der Waals surface area contributed by atoms with Crippen molar-refractivity contribution in [2.24, 2.45) is 0 Å². The summed E-state index contributed by atoms with van der Waals surface area (Å²) >= 11 is 3.37. The average Bonchev–Trinajstić information content (AvgIpc) is 2.40. The Hall–Kier alpha value is -1.81. The van der Waals surface area contributed by atoms with E-state index in [0.29, 0.717) is 5.56 Å². The van der Waals surface area contributed by atoms with Crippen molar-refractivity contribution in [1.29, 1.82) is 0 Å². The number of rotatable bonds is 3. The largest absolute Gasteiger partial charge is 0.508 e. The zero-order valence-electron chi connectivity index (χ0n) is 9.56. The molecule has 0 bridgehead atoms. The van der Waals surface area contributed by atoms with Crippen molar-refractivity contribution < 1.29 is 9.90 Å². The minimum absolute atomic E-state index is 0.147. The first kappa shape index (κ1) is 12.6. The van der Waals surface area contributed by atoms with Crippen LogP contribution in [0.2, 0.25) is 0 Å². The first-order valence-electron chi connectivity index (χ1n) is 5.44. The number of alkyl halides is 1. The summed E-state index contributed by atoms with van der Waals surface area (Å²) in [7, 11) is 0. The van der Waals surface area contributed by atoms with E-state index in [1.54, 1.807) is 12.1 Å². The molecule has 0 unspecified atom stereocenters. The Morgan fingerprint density at radius 3 is 2.22 bits per heavy atom. The third-order valence-electron chi connectivity index (χ3n) is 2.50. The second kappa shape index (κ2) is 5.69. The number of nitrogens with one attached hydrogen (secondary N) is 1. The lowest BCUT2D eigenvalue weighted by molar-refractivity contribution is 0.102. The highest BCUT2D eigenvalue weighted by Crippen LogP contribution is 2.14. The maximum absolute atomic E-state index is 11.9. The molecule has 92 valence electrons. The van der Waals surface area contributed by atoms with E-state index < -0.39 is 0 Å². The van der Waals surface area contributed by atoms with E-state index in [2.05, 4.69) is 21.2 Å². The van der Waals surface area contributed by atoms with E-state index in [4.69, 9.17) is 5.11 Å². The molecule has 18 heavy (non-hydrogen) atoms. The van der Waals surface area contributed by atoms with Crippen LogP contribution in [0.1, 0.15) is 15.9 Å². The number of hydrogen-bond acceptors (Lipinski definition) is 2. The standard InChI is InChI=1S/C14H12BrNO2/c15-9-10-1-5-12(6-2-10)16-14(18)11-3-7-13(17)8-4-11/h1-8,17H,9H2,(H,16,18). The number of halogens is 1. The van der Waals surface area contributed by atoms with Gasteiger partial charge in [0.15, 0.2) is 0 Å². The van der Waals surface area contributed by atoms with E-state index in [1.807, 2.05) is 24.3 Å². The van der Waals surface area contributed by atoms with E-state index >= 15 is 0 Å². The van der Waals surface area contributed by atoms with Gasteiger partial charge in [-0.05, 0) is 42.0 Å². The van der Waals surface area contributed by atoms with Crippen LogP contribution >= 0.6 is 15.9 Å². The molecular formula is C14H12BrNO2. The van der Waals surface area contributed by atoms with Gasteiger partial charge in [-0.15, -0.1) is 0 Å². The van der Waals surface area contributed by atoms with Crippen LogP contribution in [0.15, 0.2) is 48.5 Å². The Bertz CT molecular complexity index is 535. The number of benzene rings is 2. The van der Waals surface area contributed by atoms with Crippen LogP contribution in [0.3, 0.4) is 0 Å². The zero-order valence-corrected chi connectivity index (χ0v) is 11.1. The highest BCUT2D eigenvalue weighted by Gasteiger charge is 2.05. The molecule has 1 amide bonds. The smallest absolute Gasteiger partial charge is 0.255 e. The summed E-state index contributed by atoms with van der Waals surface area (Å²) in [6, 6.07) is 13.7. The number of carbonyl (C=O) groups is 1. The number of hydrogen-bond donors (Lipinski definition) is 2. The minimum Gasteiger partial charge on any atom is -0.508 e.